The third-order valence-electron chi connectivity index (χ3n) is 6.42. The van der Waals surface area contributed by atoms with Crippen LogP contribution < -0.4 is 24.5 Å². The number of carbonyl (C=O) groups is 4. The van der Waals surface area contributed by atoms with Crippen LogP contribution in [0.5, 0.6) is 5.75 Å². The van der Waals surface area contributed by atoms with Gasteiger partial charge in [0.15, 0.2) is 4.80 Å². The second-order valence-electron chi connectivity index (χ2n) is 9.26. The SMILES string of the molecule is C=CCOC(=O)C1=C(C)N=c2s/c(=C3\C(=O)N(CC(=O)O)c4ccccc43)c(=O)n2C1c1ccc(OC)cc1.CC(=O)O. The Morgan fingerprint density at radius 1 is 1.09 bits per heavy atom. The molecule has 0 saturated heterocycles. The van der Waals surface area contributed by atoms with Gasteiger partial charge in [-0.2, -0.15) is 0 Å². The molecule has 222 valence electrons. The van der Waals surface area contributed by atoms with E-state index in [0.29, 0.717) is 33.1 Å². The summed E-state index contributed by atoms with van der Waals surface area (Å²) < 4.78 is 12.1. The van der Waals surface area contributed by atoms with E-state index in [1.165, 1.54) is 17.8 Å². The van der Waals surface area contributed by atoms with Gasteiger partial charge in [0.2, 0.25) is 0 Å². The summed E-state index contributed by atoms with van der Waals surface area (Å²) in [6.45, 7) is 5.75. The number of rotatable bonds is 7. The van der Waals surface area contributed by atoms with E-state index in [4.69, 9.17) is 19.4 Å². The van der Waals surface area contributed by atoms with E-state index in [1.807, 2.05) is 0 Å². The molecule has 0 spiro atoms. The van der Waals surface area contributed by atoms with Gasteiger partial charge in [0.1, 0.15) is 23.4 Å². The first-order valence-electron chi connectivity index (χ1n) is 12.8. The van der Waals surface area contributed by atoms with Crippen molar-refractivity contribution in [1.29, 1.82) is 0 Å². The predicted molar refractivity (Wildman–Crippen MR) is 157 cm³/mol. The van der Waals surface area contributed by atoms with Crippen molar-refractivity contribution in [1.82, 2.24) is 4.57 Å². The van der Waals surface area contributed by atoms with Gasteiger partial charge < -0.3 is 19.7 Å². The molecular formula is C30H27N3O9S. The van der Waals surface area contributed by atoms with Crippen LogP contribution in [0.15, 0.2) is 82.2 Å². The Bertz CT molecular complexity index is 1850. The number of hydrogen-bond donors (Lipinski definition) is 2. The number of esters is 1. The summed E-state index contributed by atoms with van der Waals surface area (Å²) in [7, 11) is 1.53. The Labute approximate surface area is 248 Å². The molecule has 0 bridgehead atoms. The summed E-state index contributed by atoms with van der Waals surface area (Å²) in [4.78, 5) is 67.2. The number of methoxy groups -OCH3 is 1. The maximum atomic E-state index is 14.1. The lowest BCUT2D eigenvalue weighted by Gasteiger charge is -2.24. The molecule has 2 aromatic carbocycles. The Balaban J connectivity index is 0.000000996. The maximum absolute atomic E-state index is 14.1. The number of benzene rings is 2. The molecule has 3 aromatic rings. The molecule has 0 radical (unpaired) electrons. The van der Waals surface area contributed by atoms with E-state index in [2.05, 4.69) is 11.6 Å². The molecule has 43 heavy (non-hydrogen) atoms. The molecule has 2 aliphatic rings. The number of anilines is 1. The van der Waals surface area contributed by atoms with Crippen molar-refractivity contribution in [2.24, 2.45) is 4.99 Å². The Hall–Kier alpha value is -5.30. The number of amides is 1. The highest BCUT2D eigenvalue weighted by Crippen LogP contribution is 2.35. The number of fused-ring (bicyclic) bond motifs is 2. The quantitative estimate of drug-likeness (QED) is 0.302. The minimum Gasteiger partial charge on any atom is -0.497 e. The number of carboxylic acids is 2. The highest BCUT2D eigenvalue weighted by molar-refractivity contribution is 7.07. The van der Waals surface area contributed by atoms with Gasteiger partial charge in [-0.3, -0.25) is 28.6 Å². The van der Waals surface area contributed by atoms with E-state index in [9.17, 15) is 24.3 Å². The molecule has 1 unspecified atom stereocenters. The molecule has 1 amide bonds. The van der Waals surface area contributed by atoms with Gasteiger partial charge in [-0.25, -0.2) is 9.79 Å². The number of nitrogens with zero attached hydrogens (tertiary/aromatic N) is 3. The zero-order valence-electron chi connectivity index (χ0n) is 23.4. The average Bonchev–Trinajstić information content (AvgIpc) is 3.42. The number of thiazole rings is 1. The van der Waals surface area contributed by atoms with Crippen LogP contribution >= 0.6 is 11.3 Å². The number of aliphatic carboxylic acids is 2. The summed E-state index contributed by atoms with van der Waals surface area (Å²) in [6.07, 6.45) is 1.44. The fourth-order valence-corrected chi connectivity index (χ4v) is 5.88. The monoisotopic (exact) mass is 605 g/mol. The first kappa shape index (κ1) is 30.7. The van der Waals surface area contributed by atoms with Crippen LogP contribution in [0.3, 0.4) is 0 Å². The van der Waals surface area contributed by atoms with Crippen LogP contribution in [0, 0.1) is 0 Å². The largest absolute Gasteiger partial charge is 0.497 e. The lowest BCUT2D eigenvalue weighted by molar-refractivity contribution is -0.138. The molecule has 1 atom stereocenters. The topological polar surface area (TPSA) is 165 Å². The molecular weight excluding hydrogens is 578 g/mol. The Morgan fingerprint density at radius 3 is 2.35 bits per heavy atom. The zero-order chi connectivity index (χ0) is 31.4. The molecule has 13 heteroatoms. The van der Waals surface area contributed by atoms with Gasteiger partial charge in [0.25, 0.3) is 17.4 Å². The number of para-hydroxylation sites is 1. The summed E-state index contributed by atoms with van der Waals surface area (Å²) in [6, 6.07) is 12.8. The molecule has 2 aliphatic heterocycles. The highest BCUT2D eigenvalue weighted by Gasteiger charge is 2.38. The van der Waals surface area contributed by atoms with Crippen LogP contribution in [0.4, 0.5) is 5.69 Å². The predicted octanol–water partition coefficient (Wildman–Crippen LogP) is 1.87. The highest BCUT2D eigenvalue weighted by atomic mass is 32.1. The Morgan fingerprint density at radius 2 is 1.74 bits per heavy atom. The van der Waals surface area contributed by atoms with E-state index in [1.54, 1.807) is 55.5 Å². The van der Waals surface area contributed by atoms with Crippen molar-refractivity contribution in [3.63, 3.8) is 0 Å². The summed E-state index contributed by atoms with van der Waals surface area (Å²) in [5.41, 5.74) is 1.58. The average molecular weight is 606 g/mol. The molecule has 12 nitrogen and oxygen atoms in total. The number of carboxylic acid groups (broad SMARTS) is 2. The van der Waals surface area contributed by atoms with Crippen LogP contribution in [0.25, 0.3) is 5.57 Å². The van der Waals surface area contributed by atoms with E-state index < -0.39 is 42.0 Å². The molecule has 1 aromatic heterocycles. The Kier molecular flexibility index (Phi) is 9.05. The molecule has 5 rings (SSSR count). The fourth-order valence-electron chi connectivity index (χ4n) is 4.74. The van der Waals surface area contributed by atoms with Gasteiger partial charge in [-0.15, -0.1) is 0 Å². The van der Waals surface area contributed by atoms with Gasteiger partial charge in [-0.1, -0.05) is 54.3 Å². The van der Waals surface area contributed by atoms with Crippen LogP contribution in [0.2, 0.25) is 0 Å². The second kappa shape index (κ2) is 12.7. The van der Waals surface area contributed by atoms with Crippen molar-refractivity contribution in [2.45, 2.75) is 19.9 Å². The van der Waals surface area contributed by atoms with E-state index in [0.717, 1.165) is 23.2 Å². The van der Waals surface area contributed by atoms with Crippen molar-refractivity contribution in [3.05, 3.63) is 103 Å². The molecule has 2 N–H and O–H groups in total. The van der Waals surface area contributed by atoms with Gasteiger partial charge in [-0.05, 0) is 30.7 Å². The first-order valence-corrected chi connectivity index (χ1v) is 13.6. The molecule has 0 fully saturated rings. The standard InChI is InChI=1S/C28H23N3O7S.C2H4O2/c1-4-13-38-27(36)21-15(2)29-28-31(23(21)16-9-11-17(37-3)12-10-16)26(35)24(39-28)22-18-7-5-6-8-19(18)30(25(22)34)14-20(32)33;1-2(3)4/h4-12,23H,1,13-14H2,2-3H3,(H,32,33);1H3,(H,3,4)/b24-22-;. The fraction of sp³-hybridized carbons (Fsp3) is 0.200. The normalized spacial score (nSPS) is 16.3. The van der Waals surface area contributed by atoms with Crippen molar-refractivity contribution < 1.29 is 38.9 Å². The lowest BCUT2D eigenvalue weighted by Crippen LogP contribution is -2.41. The minimum absolute atomic E-state index is 0.0236. The van der Waals surface area contributed by atoms with Gasteiger partial charge in [0.05, 0.1) is 35.7 Å². The maximum Gasteiger partial charge on any atom is 0.338 e. The smallest absolute Gasteiger partial charge is 0.338 e. The summed E-state index contributed by atoms with van der Waals surface area (Å²) in [5.74, 6) is -2.66. The molecule has 0 saturated carbocycles. The van der Waals surface area contributed by atoms with Gasteiger partial charge in [0, 0.05) is 12.5 Å². The number of aromatic nitrogens is 1. The zero-order valence-corrected chi connectivity index (χ0v) is 24.2. The van der Waals surface area contributed by atoms with Crippen LogP contribution in [-0.2, 0) is 23.9 Å². The number of allylic oxidation sites excluding steroid dienone is 1. The number of hydrogen-bond acceptors (Lipinski definition) is 9. The van der Waals surface area contributed by atoms with Crippen molar-refractivity contribution in [2.75, 3.05) is 25.2 Å². The minimum atomic E-state index is -1.18. The summed E-state index contributed by atoms with van der Waals surface area (Å²) in [5, 5.41) is 16.8. The number of carbonyl (C=O) groups excluding carboxylic acids is 2. The lowest BCUT2D eigenvalue weighted by atomic mass is 9.96. The van der Waals surface area contributed by atoms with Gasteiger partial charge >= 0.3 is 11.9 Å². The molecule has 0 aliphatic carbocycles. The van der Waals surface area contributed by atoms with E-state index >= 15 is 0 Å². The van der Waals surface area contributed by atoms with Crippen LogP contribution in [0.1, 0.15) is 31.0 Å². The summed E-state index contributed by atoms with van der Waals surface area (Å²) >= 11 is 1.01. The van der Waals surface area contributed by atoms with Crippen LogP contribution in [-0.4, -0.2) is 58.9 Å². The van der Waals surface area contributed by atoms with Crippen molar-refractivity contribution in [3.8, 4) is 5.75 Å². The molecule has 3 heterocycles. The van der Waals surface area contributed by atoms with E-state index in [-0.39, 0.29) is 22.3 Å². The third-order valence-corrected chi connectivity index (χ3v) is 7.48. The van der Waals surface area contributed by atoms with Crippen molar-refractivity contribution >= 4 is 46.4 Å². The second-order valence-corrected chi connectivity index (χ2v) is 10.2. The first-order chi connectivity index (χ1) is 20.5. The third kappa shape index (κ3) is 6.02. The number of ether oxygens (including phenoxy) is 2.